The Morgan fingerprint density at radius 2 is 0.542 bits per heavy atom. The van der Waals surface area contributed by atoms with Gasteiger partial charge in [0.2, 0.25) is 0 Å². The summed E-state index contributed by atoms with van der Waals surface area (Å²) in [7, 11) is 0. The standard InChI is InChI=1S/C20H23B.4C14H22O.2U/c1-2-6-16(7-3-1)17-12-14-20(15-13-17)21-18-8-4-9-19(21)11-5-10-18;4*1-13(2,3)10-8-7-9-11(12(10)15)14(4,5)6;;/h1-3,6-7,12-15,18-19H,4-5,8-11H2;4*7-9,15H,1-6H3;;/q-2;;;;;2*+3/p-4. The van der Waals surface area contributed by atoms with Crippen LogP contribution < -0.4 is 20.4 Å². The molecule has 1 aliphatic carbocycles. The van der Waals surface area contributed by atoms with Crippen LogP contribution in [0.1, 0.15) is 255 Å². The first-order valence-corrected chi connectivity index (χ1v) is 30.4. The third-order valence-electron chi connectivity index (χ3n) is 16.2. The molecule has 0 aromatic heterocycles. The maximum Gasteiger partial charge on any atom is 3.00 e. The molecule has 2 heterocycles. The molecule has 5 aromatic rings. The van der Waals surface area contributed by atoms with Gasteiger partial charge >= 0.3 is 62.2 Å². The zero-order valence-corrected chi connectivity index (χ0v) is 64.6. The Balaban J connectivity index is 0.000000355. The summed E-state index contributed by atoms with van der Waals surface area (Å²) in [6.45, 7) is 50.8. The van der Waals surface area contributed by atoms with Gasteiger partial charge in [-0.1, -0.05) is 352 Å². The third kappa shape index (κ3) is 21.5. The van der Waals surface area contributed by atoms with Crippen LogP contribution in [0.15, 0.2) is 121 Å². The van der Waals surface area contributed by atoms with E-state index in [9.17, 15) is 20.4 Å². The molecule has 2 aliphatic heterocycles. The Labute approximate surface area is 556 Å². The van der Waals surface area contributed by atoms with Crippen molar-refractivity contribution in [2.45, 2.75) is 260 Å². The summed E-state index contributed by atoms with van der Waals surface area (Å²) < 4.78 is 0. The van der Waals surface area contributed by atoms with Gasteiger partial charge in [-0.05, 0) is 43.3 Å². The molecular formula is C76H107BO4U2. The minimum atomic E-state index is -0.0711. The van der Waals surface area contributed by atoms with Gasteiger partial charge in [0, 0.05) is 0 Å². The van der Waals surface area contributed by atoms with E-state index in [0.29, 0.717) is 0 Å². The van der Waals surface area contributed by atoms with Crippen molar-refractivity contribution in [3.8, 4) is 23.0 Å². The van der Waals surface area contributed by atoms with Crippen molar-refractivity contribution in [1.82, 2.24) is 0 Å². The maximum absolute atomic E-state index is 12.3. The van der Waals surface area contributed by atoms with Crippen LogP contribution in [0.5, 0.6) is 23.0 Å². The minimum absolute atomic E-state index is 0. The fourth-order valence-electron chi connectivity index (χ4n) is 11.6. The first-order valence-electron chi connectivity index (χ1n) is 30.4. The van der Waals surface area contributed by atoms with Crippen molar-refractivity contribution in [2.75, 3.05) is 0 Å². The molecule has 0 unspecified atom stereocenters. The summed E-state index contributed by atoms with van der Waals surface area (Å²) in [6, 6.07) is 34.2. The molecule has 3 aliphatic rings. The van der Waals surface area contributed by atoms with Gasteiger partial charge in [-0.15, -0.1) is 35.1 Å². The molecule has 0 amide bonds. The van der Waals surface area contributed by atoms with Gasteiger partial charge in [-0.3, -0.25) is 36.0 Å². The van der Waals surface area contributed by atoms with Crippen LogP contribution in [-0.4, -0.2) is 6.71 Å². The van der Waals surface area contributed by atoms with E-state index >= 15 is 0 Å². The van der Waals surface area contributed by atoms with Gasteiger partial charge in [0.05, 0.1) is 0 Å². The summed E-state index contributed by atoms with van der Waals surface area (Å²) in [5, 5.41) is 49.0. The first kappa shape index (κ1) is 75.8. The van der Waals surface area contributed by atoms with Gasteiger partial charge < -0.3 is 20.4 Å². The normalized spacial score (nSPS) is 16.5. The number of hydrogen-bond donors (Lipinski definition) is 0. The van der Waals surface area contributed by atoms with Gasteiger partial charge in [0.1, 0.15) is 6.71 Å². The zero-order valence-electron chi connectivity index (χ0n) is 56.2. The molecule has 0 N–H and O–H groups in total. The van der Waals surface area contributed by atoms with E-state index in [1.165, 1.54) is 49.7 Å². The summed E-state index contributed by atoms with van der Waals surface area (Å²) in [6.07, 6.45) is 18.2. The van der Waals surface area contributed by atoms with Gasteiger partial charge in [0.15, 0.2) is 0 Å². The van der Waals surface area contributed by atoms with E-state index < -0.39 is 0 Å². The molecule has 5 aromatic carbocycles. The molecule has 446 valence electrons. The summed E-state index contributed by atoms with van der Waals surface area (Å²) >= 11 is 0. The second kappa shape index (κ2) is 30.1. The number of allylic oxidation sites excluding steroid dienone is 4. The van der Waals surface area contributed by atoms with Crippen molar-refractivity contribution in [3.05, 3.63) is 184 Å². The number of hydrogen-bond acceptors (Lipinski definition) is 4. The second-order valence-corrected chi connectivity index (χ2v) is 31.6. The van der Waals surface area contributed by atoms with E-state index in [1.807, 2.05) is 72.8 Å². The second-order valence-electron chi connectivity index (χ2n) is 31.6. The number of para-hydroxylation sites is 4. The molecule has 0 atom stereocenters. The van der Waals surface area contributed by atoms with E-state index in [2.05, 4.69) is 221 Å². The first-order chi connectivity index (χ1) is 37.0. The number of benzene rings is 5. The van der Waals surface area contributed by atoms with Crippen LogP contribution in [0.25, 0.3) is 5.57 Å². The van der Waals surface area contributed by atoms with E-state index in [1.54, 1.807) is 5.47 Å². The van der Waals surface area contributed by atoms with Crippen molar-refractivity contribution < 1.29 is 82.7 Å². The minimum Gasteiger partial charge on any atom is -0.872 e. The fraction of sp³-hybridized carbons (Fsp3) is 0.526. The number of fused-ring (bicyclic) bond motifs is 2. The average molecular weight is 1570 g/mol. The van der Waals surface area contributed by atoms with Crippen molar-refractivity contribution in [1.29, 1.82) is 0 Å². The Bertz CT molecular complexity index is 2450. The van der Waals surface area contributed by atoms with Crippen LogP contribution in [0.2, 0.25) is 11.6 Å². The third-order valence-corrected chi connectivity index (χ3v) is 16.2. The molecular weight excluding hydrogens is 1460 g/mol. The molecule has 83 heavy (non-hydrogen) atoms. The predicted octanol–water partition coefficient (Wildman–Crippen LogP) is 19.0. The Morgan fingerprint density at radius 1 is 0.313 bits per heavy atom. The molecule has 2 radical (unpaired) electrons. The Hall–Kier alpha value is -3.31. The summed E-state index contributed by atoms with van der Waals surface area (Å²) in [4.78, 5) is 0. The van der Waals surface area contributed by atoms with Crippen molar-refractivity contribution >= 4 is 12.3 Å². The predicted molar refractivity (Wildman–Crippen MR) is 345 cm³/mol. The molecule has 2 bridgehead atoms. The summed E-state index contributed by atoms with van der Waals surface area (Å²) in [5.74, 6) is 2.74. The van der Waals surface area contributed by atoms with E-state index in [0.717, 1.165) is 62.9 Å². The molecule has 4 nitrogen and oxygen atoms in total. The van der Waals surface area contributed by atoms with Crippen molar-refractivity contribution in [3.63, 3.8) is 0 Å². The molecule has 2 saturated heterocycles. The van der Waals surface area contributed by atoms with Gasteiger partial charge in [-0.25, -0.2) is 0 Å². The van der Waals surface area contributed by atoms with Crippen LogP contribution in [-0.2, 0) is 43.3 Å². The quantitative estimate of drug-likeness (QED) is 0.130. The monoisotopic (exact) mass is 1570 g/mol. The van der Waals surface area contributed by atoms with E-state index in [4.69, 9.17) is 0 Å². The summed E-state index contributed by atoms with van der Waals surface area (Å²) in [5.41, 5.74) is 11.0. The smallest absolute Gasteiger partial charge is 0.872 e. The van der Waals surface area contributed by atoms with Crippen LogP contribution in [0.4, 0.5) is 0 Å². The van der Waals surface area contributed by atoms with Gasteiger partial charge in [0.25, 0.3) is 0 Å². The Morgan fingerprint density at radius 3 is 0.735 bits per heavy atom. The van der Waals surface area contributed by atoms with Gasteiger partial charge in [-0.2, -0.15) is 5.56 Å². The zero-order chi connectivity index (χ0) is 61.5. The molecule has 0 spiro atoms. The molecule has 8 rings (SSSR count). The average Bonchev–Trinajstić information content (AvgIpc) is 3.32. The van der Waals surface area contributed by atoms with Crippen LogP contribution in [0, 0.1) is 75.1 Å². The fourth-order valence-corrected chi connectivity index (χ4v) is 11.6. The number of rotatable bonds is 2. The topological polar surface area (TPSA) is 92.2 Å². The van der Waals surface area contributed by atoms with E-state index in [-0.39, 0.29) is 129 Å². The Kier molecular flexibility index (Phi) is 27.5. The molecule has 7 heteroatoms. The van der Waals surface area contributed by atoms with Crippen molar-refractivity contribution in [2.24, 2.45) is 0 Å². The van der Waals surface area contributed by atoms with Crippen LogP contribution >= 0.6 is 0 Å². The van der Waals surface area contributed by atoms with Crippen LogP contribution in [0.3, 0.4) is 0 Å². The SMILES string of the molecule is C1=C(B2C3CCCC2CCC3)[CH-]C=C(c2ccccc2)[CH-]1.CC(C)(C)c1cccc(C(C)(C)C)c1[O-].CC(C)(C)c1cccc(C(C)(C)C)c1[O-].CC(C)(C)c1cccc(C(C)(C)C)c1[O-].CC(C)(C)c1cccc(C(C)(C)C)c1[O-].[U+3].[U+3]. The maximum atomic E-state index is 12.3. The molecule has 2 fully saturated rings. The largest absolute Gasteiger partial charge is 3.00 e. The molecule has 0 saturated carbocycles.